The number of nitrogens with zero attached hydrogens (tertiary/aromatic N) is 2. The number of aromatic nitrogens is 2. The van der Waals surface area contributed by atoms with E-state index in [-0.39, 0.29) is 15.8 Å². The van der Waals surface area contributed by atoms with Crippen LogP contribution < -0.4 is 4.72 Å². The van der Waals surface area contributed by atoms with Gasteiger partial charge in [-0.3, -0.25) is 4.72 Å². The summed E-state index contributed by atoms with van der Waals surface area (Å²) in [4.78, 5) is 4.41. The molecular weight excluding hydrogens is 365 g/mol. The first-order chi connectivity index (χ1) is 10.9. The SMILES string of the molecule is Cc1noc(-c2sccc2NS(=O)(=O)c2ccc(F)c(Cl)c2)n1. The van der Waals surface area contributed by atoms with Crippen molar-refractivity contribution in [2.24, 2.45) is 0 Å². The molecule has 1 aromatic carbocycles. The van der Waals surface area contributed by atoms with Gasteiger partial charge in [0.2, 0.25) is 0 Å². The van der Waals surface area contributed by atoms with Gasteiger partial charge in [-0.05, 0) is 36.6 Å². The van der Waals surface area contributed by atoms with Gasteiger partial charge in [0, 0.05) is 0 Å². The molecule has 0 aliphatic carbocycles. The van der Waals surface area contributed by atoms with E-state index >= 15 is 0 Å². The second-order valence-corrected chi connectivity index (χ2v) is 7.50. The maximum Gasteiger partial charge on any atom is 0.270 e. The molecule has 0 atom stereocenters. The van der Waals surface area contributed by atoms with Gasteiger partial charge in [-0.1, -0.05) is 16.8 Å². The van der Waals surface area contributed by atoms with Crippen LogP contribution in [0.4, 0.5) is 10.1 Å². The zero-order valence-electron chi connectivity index (χ0n) is 11.6. The highest BCUT2D eigenvalue weighted by Gasteiger charge is 2.21. The molecule has 120 valence electrons. The summed E-state index contributed by atoms with van der Waals surface area (Å²) in [5, 5.41) is 5.09. The van der Waals surface area contributed by atoms with Crippen LogP contribution in [0.5, 0.6) is 0 Å². The average molecular weight is 374 g/mol. The third-order valence-corrected chi connectivity index (χ3v) is 5.39. The van der Waals surface area contributed by atoms with Crippen molar-refractivity contribution in [2.75, 3.05) is 4.72 Å². The van der Waals surface area contributed by atoms with Gasteiger partial charge in [-0.2, -0.15) is 4.98 Å². The van der Waals surface area contributed by atoms with Crippen LogP contribution in [0.3, 0.4) is 0 Å². The Labute approximate surface area is 140 Å². The van der Waals surface area contributed by atoms with Crippen molar-refractivity contribution in [3.63, 3.8) is 0 Å². The molecule has 0 aliphatic rings. The third kappa shape index (κ3) is 3.21. The molecule has 0 saturated heterocycles. The Morgan fingerprint density at radius 2 is 2.13 bits per heavy atom. The molecule has 6 nitrogen and oxygen atoms in total. The third-order valence-electron chi connectivity index (χ3n) is 2.83. The predicted molar refractivity (Wildman–Crippen MR) is 84.6 cm³/mol. The van der Waals surface area contributed by atoms with E-state index in [0.29, 0.717) is 16.4 Å². The average Bonchev–Trinajstić information content (AvgIpc) is 3.10. The maximum absolute atomic E-state index is 13.2. The number of thiophene rings is 1. The van der Waals surface area contributed by atoms with Gasteiger partial charge in [0.1, 0.15) is 10.7 Å². The number of benzene rings is 1. The van der Waals surface area contributed by atoms with Crippen molar-refractivity contribution >= 4 is 38.6 Å². The fraction of sp³-hybridized carbons (Fsp3) is 0.0769. The van der Waals surface area contributed by atoms with E-state index in [1.807, 2.05) is 0 Å². The number of aryl methyl sites for hydroxylation is 1. The van der Waals surface area contributed by atoms with Gasteiger partial charge >= 0.3 is 0 Å². The maximum atomic E-state index is 13.2. The van der Waals surface area contributed by atoms with E-state index in [4.69, 9.17) is 16.1 Å². The van der Waals surface area contributed by atoms with E-state index < -0.39 is 15.8 Å². The smallest absolute Gasteiger partial charge is 0.270 e. The van der Waals surface area contributed by atoms with Crippen LogP contribution in [-0.2, 0) is 10.0 Å². The first-order valence-electron chi connectivity index (χ1n) is 6.23. The lowest BCUT2D eigenvalue weighted by atomic mass is 10.3. The van der Waals surface area contributed by atoms with Crippen LogP contribution >= 0.6 is 22.9 Å². The summed E-state index contributed by atoms with van der Waals surface area (Å²) in [6.45, 7) is 1.66. The van der Waals surface area contributed by atoms with Crippen molar-refractivity contribution in [3.8, 4) is 10.8 Å². The van der Waals surface area contributed by atoms with Gasteiger partial charge in [0.05, 0.1) is 15.6 Å². The number of sulfonamides is 1. The van der Waals surface area contributed by atoms with Gasteiger partial charge in [-0.15, -0.1) is 11.3 Å². The number of hydrogen-bond acceptors (Lipinski definition) is 6. The highest BCUT2D eigenvalue weighted by Crippen LogP contribution is 2.34. The molecule has 3 rings (SSSR count). The van der Waals surface area contributed by atoms with Gasteiger partial charge in [0.25, 0.3) is 15.9 Å². The second-order valence-electron chi connectivity index (χ2n) is 4.49. The fourth-order valence-electron chi connectivity index (χ4n) is 1.79. The van der Waals surface area contributed by atoms with E-state index in [1.54, 1.807) is 18.4 Å². The molecule has 1 N–H and O–H groups in total. The molecule has 0 amide bonds. The van der Waals surface area contributed by atoms with Crippen molar-refractivity contribution in [1.29, 1.82) is 0 Å². The Balaban J connectivity index is 1.95. The van der Waals surface area contributed by atoms with E-state index in [0.717, 1.165) is 18.2 Å². The fourth-order valence-corrected chi connectivity index (χ4v) is 3.97. The Hall–Kier alpha value is -1.97. The summed E-state index contributed by atoms with van der Waals surface area (Å²) in [6.07, 6.45) is 0. The van der Waals surface area contributed by atoms with Crippen LogP contribution in [0.25, 0.3) is 10.8 Å². The lowest BCUT2D eigenvalue weighted by molar-refractivity contribution is 0.426. The lowest BCUT2D eigenvalue weighted by Crippen LogP contribution is -2.13. The summed E-state index contributed by atoms with van der Waals surface area (Å²) < 4.78 is 45.4. The molecule has 0 bridgehead atoms. The van der Waals surface area contributed by atoms with Gasteiger partial charge in [-0.25, -0.2) is 12.8 Å². The topological polar surface area (TPSA) is 85.1 Å². The molecule has 0 fully saturated rings. The summed E-state index contributed by atoms with van der Waals surface area (Å²) in [6, 6.07) is 4.74. The van der Waals surface area contributed by atoms with Crippen LogP contribution in [0.2, 0.25) is 5.02 Å². The van der Waals surface area contributed by atoms with Crippen molar-refractivity contribution in [1.82, 2.24) is 10.1 Å². The van der Waals surface area contributed by atoms with Gasteiger partial charge < -0.3 is 4.52 Å². The molecule has 0 saturated carbocycles. The Kier molecular flexibility index (Phi) is 4.09. The summed E-state index contributed by atoms with van der Waals surface area (Å²) in [7, 11) is -3.93. The molecule has 0 spiro atoms. The second kappa shape index (κ2) is 5.91. The van der Waals surface area contributed by atoms with E-state index in [9.17, 15) is 12.8 Å². The summed E-state index contributed by atoms with van der Waals surface area (Å²) >= 11 is 6.88. The number of rotatable bonds is 4. The van der Waals surface area contributed by atoms with Crippen molar-refractivity contribution in [2.45, 2.75) is 11.8 Å². The zero-order chi connectivity index (χ0) is 16.6. The van der Waals surface area contributed by atoms with Gasteiger partial charge in [0.15, 0.2) is 5.82 Å². The Morgan fingerprint density at radius 3 is 2.78 bits per heavy atom. The monoisotopic (exact) mass is 373 g/mol. The molecule has 23 heavy (non-hydrogen) atoms. The molecule has 0 radical (unpaired) electrons. The van der Waals surface area contributed by atoms with Crippen LogP contribution in [-0.4, -0.2) is 18.6 Å². The predicted octanol–water partition coefficient (Wildman–Crippen LogP) is 3.70. The highest BCUT2D eigenvalue weighted by atomic mass is 35.5. The molecule has 0 aliphatic heterocycles. The minimum Gasteiger partial charge on any atom is -0.333 e. The first-order valence-corrected chi connectivity index (χ1v) is 8.97. The van der Waals surface area contributed by atoms with Crippen LogP contribution in [0.15, 0.2) is 39.1 Å². The molecule has 2 heterocycles. The molecule has 3 aromatic rings. The molecular formula is C13H9ClFN3O3S2. The molecule has 10 heteroatoms. The van der Waals surface area contributed by atoms with E-state index in [1.165, 1.54) is 11.3 Å². The van der Waals surface area contributed by atoms with E-state index in [2.05, 4.69) is 14.9 Å². The first kappa shape index (κ1) is 15.9. The zero-order valence-corrected chi connectivity index (χ0v) is 14.0. The Morgan fingerprint density at radius 1 is 1.35 bits per heavy atom. The normalized spacial score (nSPS) is 11.6. The number of nitrogens with one attached hydrogen (secondary N) is 1. The highest BCUT2D eigenvalue weighted by molar-refractivity contribution is 7.92. The quantitative estimate of drug-likeness (QED) is 0.753. The minimum atomic E-state index is -3.93. The number of halogens is 2. The number of hydrogen-bond donors (Lipinski definition) is 1. The van der Waals surface area contributed by atoms with Crippen LogP contribution in [0.1, 0.15) is 5.82 Å². The molecule has 2 aromatic heterocycles. The standard InChI is InChI=1S/C13H9ClFN3O3S2/c1-7-16-13(21-17-7)12-11(4-5-22-12)18-23(19,20)8-2-3-10(15)9(14)6-8/h2-6,18H,1H3. The number of anilines is 1. The summed E-state index contributed by atoms with van der Waals surface area (Å²) in [5.41, 5.74) is 0.291. The molecule has 0 unspecified atom stereocenters. The minimum absolute atomic E-state index is 0.150. The van der Waals surface area contributed by atoms with Crippen molar-refractivity contribution in [3.05, 3.63) is 46.3 Å². The Bertz CT molecular complexity index is 969. The summed E-state index contributed by atoms with van der Waals surface area (Å²) in [5.74, 6) is -0.0389. The van der Waals surface area contributed by atoms with Crippen LogP contribution in [0, 0.1) is 12.7 Å². The van der Waals surface area contributed by atoms with Crippen molar-refractivity contribution < 1.29 is 17.3 Å². The largest absolute Gasteiger partial charge is 0.333 e. The lowest BCUT2D eigenvalue weighted by Gasteiger charge is -2.08.